The molecule has 0 aromatic heterocycles. The fourth-order valence-electron chi connectivity index (χ4n) is 2.08. The number of hydrogen-bond donors (Lipinski definition) is 1. The van der Waals surface area contributed by atoms with E-state index in [0.717, 1.165) is 12.1 Å². The first-order valence-electron chi connectivity index (χ1n) is 7.51. The van der Waals surface area contributed by atoms with E-state index in [1.165, 1.54) is 30.3 Å². The van der Waals surface area contributed by atoms with E-state index in [1.807, 2.05) is 0 Å². The van der Waals surface area contributed by atoms with Crippen LogP contribution in [-0.2, 0) is 9.53 Å². The van der Waals surface area contributed by atoms with Crippen LogP contribution in [-0.4, -0.2) is 29.2 Å². The summed E-state index contributed by atoms with van der Waals surface area (Å²) in [4.78, 5) is 34.0. The lowest BCUT2D eigenvalue weighted by molar-refractivity contribution is -0.384. The van der Waals surface area contributed by atoms with Gasteiger partial charge >= 0.3 is 5.97 Å². The number of alkyl halides is 2. The standard InChI is InChI=1S/C17H11F2N3O5S/c18-17(19)28-14-4-2-1-3-12(14)16(24)27-9-15(23)21-13-6-5-11(22(25)26)7-10(13)8-20/h1-7,17H,9H2,(H,21,23). The number of amides is 1. The topological polar surface area (TPSA) is 122 Å². The molecule has 0 atom stereocenters. The van der Waals surface area contributed by atoms with Gasteiger partial charge in [0.15, 0.2) is 6.61 Å². The van der Waals surface area contributed by atoms with Crippen LogP contribution >= 0.6 is 11.8 Å². The van der Waals surface area contributed by atoms with Crippen LogP contribution in [0.5, 0.6) is 0 Å². The van der Waals surface area contributed by atoms with Gasteiger partial charge in [0, 0.05) is 17.0 Å². The van der Waals surface area contributed by atoms with Crippen LogP contribution in [0.2, 0.25) is 0 Å². The van der Waals surface area contributed by atoms with Crippen LogP contribution in [0.4, 0.5) is 20.2 Å². The van der Waals surface area contributed by atoms with Crippen LogP contribution in [0.3, 0.4) is 0 Å². The minimum absolute atomic E-state index is 0.00260. The van der Waals surface area contributed by atoms with Gasteiger partial charge in [-0.15, -0.1) is 0 Å². The Labute approximate surface area is 161 Å². The van der Waals surface area contributed by atoms with Crippen molar-refractivity contribution >= 4 is 35.0 Å². The molecule has 11 heteroatoms. The number of non-ortho nitro benzene ring substituents is 1. The van der Waals surface area contributed by atoms with E-state index in [0.29, 0.717) is 0 Å². The minimum atomic E-state index is -2.73. The molecule has 0 saturated carbocycles. The Kier molecular flexibility index (Phi) is 7.00. The highest BCUT2D eigenvalue weighted by Crippen LogP contribution is 2.28. The molecule has 0 radical (unpaired) electrons. The van der Waals surface area contributed by atoms with Crippen molar-refractivity contribution < 1.29 is 28.0 Å². The smallest absolute Gasteiger partial charge is 0.339 e. The molecule has 1 N–H and O–H groups in total. The number of nitrogens with zero attached hydrogens (tertiary/aromatic N) is 2. The van der Waals surface area contributed by atoms with Crippen molar-refractivity contribution in [1.82, 2.24) is 0 Å². The Morgan fingerprint density at radius 1 is 1.29 bits per heavy atom. The van der Waals surface area contributed by atoms with E-state index in [9.17, 15) is 28.5 Å². The summed E-state index contributed by atoms with van der Waals surface area (Å²) in [5, 5.41) is 22.0. The maximum Gasteiger partial charge on any atom is 0.339 e. The number of nitro groups is 1. The normalized spacial score (nSPS) is 10.2. The van der Waals surface area contributed by atoms with Gasteiger partial charge < -0.3 is 10.1 Å². The van der Waals surface area contributed by atoms with Gasteiger partial charge in [0.2, 0.25) is 0 Å². The van der Waals surface area contributed by atoms with Crippen LogP contribution in [0.15, 0.2) is 47.4 Å². The Bertz CT molecular complexity index is 962. The molecular formula is C17H11F2N3O5S. The zero-order valence-corrected chi connectivity index (χ0v) is 14.7. The van der Waals surface area contributed by atoms with Gasteiger partial charge in [0.1, 0.15) is 6.07 Å². The highest BCUT2D eigenvalue weighted by Gasteiger charge is 2.18. The summed E-state index contributed by atoms with van der Waals surface area (Å²) in [6.07, 6.45) is 0. The van der Waals surface area contributed by atoms with E-state index in [1.54, 1.807) is 6.07 Å². The summed E-state index contributed by atoms with van der Waals surface area (Å²) in [5.74, 6) is -4.51. The van der Waals surface area contributed by atoms with Crippen molar-refractivity contribution in [3.8, 4) is 6.07 Å². The summed E-state index contributed by atoms with van der Waals surface area (Å²) in [6, 6.07) is 10.5. The maximum atomic E-state index is 12.5. The van der Waals surface area contributed by atoms with E-state index in [4.69, 9.17) is 10.00 Å². The second-order valence-electron chi connectivity index (χ2n) is 5.10. The molecular weight excluding hydrogens is 396 g/mol. The molecule has 0 fully saturated rings. The first-order chi connectivity index (χ1) is 13.3. The Morgan fingerprint density at radius 2 is 2.00 bits per heavy atom. The average molecular weight is 407 g/mol. The van der Waals surface area contributed by atoms with Gasteiger partial charge in [-0.1, -0.05) is 23.9 Å². The molecule has 0 spiro atoms. The molecule has 0 bridgehead atoms. The lowest BCUT2D eigenvalue weighted by Gasteiger charge is -2.10. The van der Waals surface area contributed by atoms with Crippen molar-refractivity contribution in [3.63, 3.8) is 0 Å². The molecule has 8 nitrogen and oxygen atoms in total. The van der Waals surface area contributed by atoms with Gasteiger partial charge in [-0.25, -0.2) is 4.79 Å². The monoisotopic (exact) mass is 407 g/mol. The molecule has 28 heavy (non-hydrogen) atoms. The SMILES string of the molecule is N#Cc1cc([N+](=O)[O-])ccc1NC(=O)COC(=O)c1ccccc1SC(F)F. The maximum absolute atomic E-state index is 12.5. The molecule has 144 valence electrons. The quantitative estimate of drug-likeness (QED) is 0.322. The Balaban J connectivity index is 2.03. The van der Waals surface area contributed by atoms with E-state index in [-0.39, 0.29) is 39.2 Å². The van der Waals surface area contributed by atoms with Crippen molar-refractivity contribution in [1.29, 1.82) is 5.26 Å². The second-order valence-corrected chi connectivity index (χ2v) is 6.13. The number of nitriles is 1. The number of thioether (sulfide) groups is 1. The molecule has 0 saturated heterocycles. The van der Waals surface area contributed by atoms with Crippen molar-refractivity contribution in [2.75, 3.05) is 11.9 Å². The van der Waals surface area contributed by atoms with E-state index < -0.39 is 29.2 Å². The van der Waals surface area contributed by atoms with Gasteiger partial charge in [0.25, 0.3) is 17.4 Å². The predicted octanol–water partition coefficient (Wildman–Crippen LogP) is 3.58. The van der Waals surface area contributed by atoms with E-state index in [2.05, 4.69) is 5.32 Å². The summed E-state index contributed by atoms with van der Waals surface area (Å²) in [6.45, 7) is -0.742. The van der Waals surface area contributed by atoms with Crippen LogP contribution in [0.1, 0.15) is 15.9 Å². The number of carbonyl (C=O) groups is 2. The number of hydrogen-bond acceptors (Lipinski definition) is 7. The van der Waals surface area contributed by atoms with Crippen molar-refractivity contribution in [2.45, 2.75) is 10.7 Å². The van der Waals surface area contributed by atoms with Crippen molar-refractivity contribution in [3.05, 3.63) is 63.7 Å². The second kappa shape index (κ2) is 9.43. The first kappa shape index (κ1) is 20.8. The number of ether oxygens (including phenoxy) is 1. The first-order valence-corrected chi connectivity index (χ1v) is 8.39. The number of halogens is 2. The van der Waals surface area contributed by atoms with Gasteiger partial charge in [-0.2, -0.15) is 14.0 Å². The van der Waals surface area contributed by atoms with E-state index >= 15 is 0 Å². The van der Waals surface area contributed by atoms with Crippen molar-refractivity contribution in [2.24, 2.45) is 0 Å². The fourth-order valence-corrected chi connectivity index (χ4v) is 2.70. The number of carbonyl (C=O) groups excluding carboxylic acids is 2. The molecule has 0 aliphatic rings. The molecule has 1 amide bonds. The predicted molar refractivity (Wildman–Crippen MR) is 95.0 cm³/mol. The average Bonchev–Trinajstić information content (AvgIpc) is 2.66. The zero-order chi connectivity index (χ0) is 20.7. The number of esters is 1. The van der Waals surface area contributed by atoms with Crippen LogP contribution < -0.4 is 5.32 Å². The minimum Gasteiger partial charge on any atom is -0.452 e. The lowest BCUT2D eigenvalue weighted by Crippen LogP contribution is -2.21. The molecule has 0 heterocycles. The van der Waals surface area contributed by atoms with Crippen LogP contribution in [0.25, 0.3) is 0 Å². The lowest BCUT2D eigenvalue weighted by atomic mass is 10.1. The number of nitro benzene ring substituents is 1. The zero-order valence-electron chi connectivity index (χ0n) is 13.9. The van der Waals surface area contributed by atoms with Gasteiger partial charge in [-0.05, 0) is 18.2 Å². The molecule has 0 aliphatic heterocycles. The number of nitrogens with one attached hydrogen (secondary N) is 1. The Morgan fingerprint density at radius 3 is 2.64 bits per heavy atom. The summed E-state index contributed by atoms with van der Waals surface area (Å²) in [5.41, 5.74) is -0.585. The highest BCUT2D eigenvalue weighted by molar-refractivity contribution is 7.99. The number of anilines is 1. The Hall–Kier alpha value is -3.52. The number of rotatable bonds is 7. The largest absolute Gasteiger partial charge is 0.452 e. The molecule has 2 aromatic rings. The summed E-state index contributed by atoms with van der Waals surface area (Å²) >= 11 is 0.173. The summed E-state index contributed by atoms with van der Waals surface area (Å²) in [7, 11) is 0. The fraction of sp³-hybridized carbons (Fsp3) is 0.118. The number of benzene rings is 2. The van der Waals surface area contributed by atoms with Gasteiger partial charge in [0.05, 0.1) is 21.7 Å². The molecule has 2 aromatic carbocycles. The summed E-state index contributed by atoms with van der Waals surface area (Å²) < 4.78 is 29.9. The molecule has 0 unspecified atom stereocenters. The highest BCUT2D eigenvalue weighted by atomic mass is 32.2. The third kappa shape index (κ3) is 5.49. The third-order valence-electron chi connectivity index (χ3n) is 3.27. The van der Waals surface area contributed by atoms with Crippen LogP contribution in [0, 0.1) is 21.4 Å². The molecule has 2 rings (SSSR count). The third-order valence-corrected chi connectivity index (χ3v) is 4.05. The van der Waals surface area contributed by atoms with Gasteiger partial charge in [-0.3, -0.25) is 14.9 Å². The molecule has 0 aliphatic carbocycles.